The Bertz CT molecular complexity index is 1020. The van der Waals surface area contributed by atoms with Gasteiger partial charge in [-0.25, -0.2) is 4.39 Å². The molecule has 0 aliphatic heterocycles. The Hall–Kier alpha value is -2.18. The summed E-state index contributed by atoms with van der Waals surface area (Å²) in [7, 11) is 0. The van der Waals surface area contributed by atoms with Crippen molar-refractivity contribution in [3.8, 4) is 11.4 Å². The van der Waals surface area contributed by atoms with Crippen LogP contribution < -0.4 is 0 Å². The molecule has 1 heterocycles. The minimum absolute atomic E-state index is 0.0599. The number of carbonyl (C=O) groups excluding carboxylic acids is 1. The maximum absolute atomic E-state index is 13.2. The molecule has 4 rings (SSSR count). The Morgan fingerprint density at radius 2 is 1.83 bits per heavy atom. The van der Waals surface area contributed by atoms with Gasteiger partial charge >= 0.3 is 0 Å². The first-order valence-corrected chi connectivity index (χ1v) is 11.0. The molecular weight excluding hydrogens is 409 g/mol. The number of rotatable bonds is 6. The predicted molar refractivity (Wildman–Crippen MR) is 114 cm³/mol. The summed E-state index contributed by atoms with van der Waals surface area (Å²) in [5, 5.41) is 9.83. The summed E-state index contributed by atoms with van der Waals surface area (Å²) in [6, 6.07) is 13.6. The van der Waals surface area contributed by atoms with Crippen molar-refractivity contribution in [1.29, 1.82) is 0 Å². The summed E-state index contributed by atoms with van der Waals surface area (Å²) in [6.07, 6.45) is 4.45. The third-order valence-electron chi connectivity index (χ3n) is 5.25. The number of hydrogen-bond acceptors (Lipinski definition) is 4. The topological polar surface area (TPSA) is 47.8 Å². The minimum atomic E-state index is -0.371. The van der Waals surface area contributed by atoms with Gasteiger partial charge in [-0.3, -0.25) is 9.36 Å². The molecular formula is C22H21ClFN3OS. The molecule has 0 spiro atoms. The van der Waals surface area contributed by atoms with Crippen LogP contribution in [0.5, 0.6) is 0 Å². The van der Waals surface area contributed by atoms with E-state index < -0.39 is 0 Å². The number of benzene rings is 2. The van der Waals surface area contributed by atoms with Gasteiger partial charge in [-0.1, -0.05) is 48.3 Å². The molecule has 1 aliphatic carbocycles. The normalized spacial score (nSPS) is 15.6. The van der Waals surface area contributed by atoms with Gasteiger partial charge in [0.05, 0.1) is 10.3 Å². The number of ketones is 1. The summed E-state index contributed by atoms with van der Waals surface area (Å²) in [6.45, 7) is 1.85. The lowest BCUT2D eigenvalue weighted by atomic mass is 10.1. The van der Waals surface area contributed by atoms with E-state index in [4.69, 9.17) is 11.6 Å². The van der Waals surface area contributed by atoms with Gasteiger partial charge in [0.25, 0.3) is 0 Å². The standard InChI is InChI=1S/C22H21ClFN3OS/c1-14(20(28)15-10-12-16(24)13-11-15)29-22-26-25-21(18-8-4-5-9-19(18)23)27(22)17-6-2-3-7-17/h4-5,8-14,17H,2-3,6-7H2,1H3. The van der Waals surface area contributed by atoms with E-state index in [0.717, 1.165) is 29.4 Å². The number of Topliss-reactive ketones (excluding diaryl/α,β-unsaturated/α-hetero) is 1. The van der Waals surface area contributed by atoms with E-state index in [1.54, 1.807) is 0 Å². The molecule has 1 atom stereocenters. The Kier molecular flexibility index (Phi) is 6.01. The highest BCUT2D eigenvalue weighted by atomic mass is 35.5. The number of aromatic nitrogens is 3. The van der Waals surface area contributed by atoms with Crippen molar-refractivity contribution in [2.75, 3.05) is 0 Å². The average molecular weight is 430 g/mol. The maximum atomic E-state index is 13.2. The van der Waals surface area contributed by atoms with Crippen molar-refractivity contribution in [3.05, 3.63) is 64.9 Å². The molecule has 1 aromatic heterocycles. The third-order valence-corrected chi connectivity index (χ3v) is 6.64. The van der Waals surface area contributed by atoms with Crippen LogP contribution in [0, 0.1) is 5.82 Å². The highest BCUT2D eigenvalue weighted by molar-refractivity contribution is 8.00. The van der Waals surface area contributed by atoms with Crippen LogP contribution in [0.25, 0.3) is 11.4 Å². The van der Waals surface area contributed by atoms with Crippen molar-refractivity contribution in [2.24, 2.45) is 0 Å². The molecule has 29 heavy (non-hydrogen) atoms. The van der Waals surface area contributed by atoms with Crippen molar-refractivity contribution in [3.63, 3.8) is 0 Å². The van der Waals surface area contributed by atoms with Gasteiger partial charge < -0.3 is 0 Å². The molecule has 150 valence electrons. The van der Waals surface area contributed by atoms with E-state index in [2.05, 4.69) is 14.8 Å². The summed E-state index contributed by atoms with van der Waals surface area (Å²) in [5.74, 6) is 0.328. The predicted octanol–water partition coefficient (Wildman–Crippen LogP) is 6.22. The van der Waals surface area contributed by atoms with Gasteiger partial charge in [0, 0.05) is 17.2 Å². The molecule has 3 aromatic rings. The average Bonchev–Trinajstić information content (AvgIpc) is 3.38. The molecule has 1 aliphatic rings. The molecule has 0 saturated heterocycles. The first kappa shape index (κ1) is 20.1. The molecule has 0 N–H and O–H groups in total. The summed E-state index contributed by atoms with van der Waals surface area (Å²) < 4.78 is 15.3. The molecule has 1 fully saturated rings. The fourth-order valence-corrected chi connectivity index (χ4v) is 4.95. The summed E-state index contributed by atoms with van der Waals surface area (Å²) >= 11 is 7.81. The first-order valence-electron chi connectivity index (χ1n) is 9.71. The van der Waals surface area contributed by atoms with Crippen LogP contribution in [0.2, 0.25) is 5.02 Å². The van der Waals surface area contributed by atoms with E-state index in [0.29, 0.717) is 16.6 Å². The second-order valence-corrected chi connectivity index (χ2v) is 8.94. The van der Waals surface area contributed by atoms with Crippen molar-refractivity contribution >= 4 is 29.1 Å². The number of thioether (sulfide) groups is 1. The van der Waals surface area contributed by atoms with E-state index in [-0.39, 0.29) is 16.9 Å². The lowest BCUT2D eigenvalue weighted by Crippen LogP contribution is -2.16. The second-order valence-electron chi connectivity index (χ2n) is 7.23. The van der Waals surface area contributed by atoms with Crippen LogP contribution in [-0.4, -0.2) is 25.8 Å². The molecule has 1 saturated carbocycles. The van der Waals surface area contributed by atoms with Crippen molar-refractivity contribution in [2.45, 2.75) is 49.1 Å². The van der Waals surface area contributed by atoms with Gasteiger partial charge in [-0.05, 0) is 56.2 Å². The van der Waals surface area contributed by atoms with Gasteiger partial charge in [-0.15, -0.1) is 10.2 Å². The third kappa shape index (κ3) is 4.23. The monoisotopic (exact) mass is 429 g/mol. The Morgan fingerprint density at radius 3 is 2.52 bits per heavy atom. The molecule has 0 amide bonds. The fourth-order valence-electron chi connectivity index (χ4n) is 3.74. The fraction of sp³-hybridized carbons (Fsp3) is 0.318. The molecule has 0 radical (unpaired) electrons. The molecule has 7 heteroatoms. The van der Waals surface area contributed by atoms with E-state index in [1.165, 1.54) is 48.9 Å². The Balaban J connectivity index is 1.66. The zero-order valence-corrected chi connectivity index (χ0v) is 17.6. The van der Waals surface area contributed by atoms with Crippen LogP contribution in [0.15, 0.2) is 53.7 Å². The smallest absolute Gasteiger partial charge is 0.192 e. The van der Waals surface area contributed by atoms with Gasteiger partial charge in [0.2, 0.25) is 0 Å². The van der Waals surface area contributed by atoms with Crippen LogP contribution >= 0.6 is 23.4 Å². The van der Waals surface area contributed by atoms with Gasteiger partial charge in [0.15, 0.2) is 16.8 Å². The van der Waals surface area contributed by atoms with Gasteiger partial charge in [0.1, 0.15) is 5.82 Å². The number of halogens is 2. The zero-order valence-electron chi connectivity index (χ0n) is 16.0. The van der Waals surface area contributed by atoms with Crippen LogP contribution in [0.1, 0.15) is 49.0 Å². The van der Waals surface area contributed by atoms with E-state index in [9.17, 15) is 9.18 Å². The summed E-state index contributed by atoms with van der Waals surface area (Å²) in [5.41, 5.74) is 1.34. The van der Waals surface area contributed by atoms with E-state index >= 15 is 0 Å². The van der Waals surface area contributed by atoms with Crippen LogP contribution in [0.4, 0.5) is 4.39 Å². The quantitative estimate of drug-likeness (QED) is 0.345. The largest absolute Gasteiger partial charge is 0.299 e. The minimum Gasteiger partial charge on any atom is -0.299 e. The highest BCUT2D eigenvalue weighted by Crippen LogP contribution is 2.39. The Labute approximate surface area is 178 Å². The Morgan fingerprint density at radius 1 is 1.14 bits per heavy atom. The second kappa shape index (κ2) is 8.67. The molecule has 2 aromatic carbocycles. The first-order chi connectivity index (χ1) is 14.0. The molecule has 1 unspecified atom stereocenters. The zero-order chi connectivity index (χ0) is 20.4. The summed E-state index contributed by atoms with van der Waals surface area (Å²) in [4.78, 5) is 12.8. The lowest BCUT2D eigenvalue weighted by Gasteiger charge is -2.18. The van der Waals surface area contributed by atoms with Crippen molar-refractivity contribution < 1.29 is 9.18 Å². The highest BCUT2D eigenvalue weighted by Gasteiger charge is 2.28. The van der Waals surface area contributed by atoms with Gasteiger partial charge in [-0.2, -0.15) is 0 Å². The number of carbonyl (C=O) groups is 1. The van der Waals surface area contributed by atoms with Crippen LogP contribution in [0.3, 0.4) is 0 Å². The van der Waals surface area contributed by atoms with Crippen molar-refractivity contribution in [1.82, 2.24) is 14.8 Å². The number of hydrogen-bond donors (Lipinski definition) is 0. The maximum Gasteiger partial charge on any atom is 0.192 e. The lowest BCUT2D eigenvalue weighted by molar-refractivity contribution is 0.0993. The molecule has 0 bridgehead atoms. The van der Waals surface area contributed by atoms with E-state index in [1.807, 2.05) is 31.2 Å². The molecule has 4 nitrogen and oxygen atoms in total. The SMILES string of the molecule is CC(Sc1nnc(-c2ccccc2Cl)n1C1CCCC1)C(=O)c1ccc(F)cc1. The van der Waals surface area contributed by atoms with Crippen LogP contribution in [-0.2, 0) is 0 Å². The number of nitrogens with zero attached hydrogens (tertiary/aromatic N) is 3.